The summed E-state index contributed by atoms with van der Waals surface area (Å²) in [7, 11) is 3.89. The van der Waals surface area contributed by atoms with Gasteiger partial charge >= 0.3 is 0 Å². The van der Waals surface area contributed by atoms with Gasteiger partial charge in [0.05, 0.1) is 16.7 Å². The van der Waals surface area contributed by atoms with E-state index in [1.807, 2.05) is 37.2 Å². The number of aldehydes is 1. The molecule has 0 aliphatic heterocycles. The fourth-order valence-corrected chi connectivity index (χ4v) is 3.81. The summed E-state index contributed by atoms with van der Waals surface area (Å²) in [6.45, 7) is 0. The van der Waals surface area contributed by atoms with Gasteiger partial charge < -0.3 is 10.0 Å². The van der Waals surface area contributed by atoms with Gasteiger partial charge in [-0.25, -0.2) is 4.98 Å². The lowest BCUT2D eigenvalue weighted by molar-refractivity contribution is 0.112. The molecule has 1 aliphatic rings. The second-order valence-electron chi connectivity index (χ2n) is 5.52. The summed E-state index contributed by atoms with van der Waals surface area (Å²) in [5.74, 6) is 0. The van der Waals surface area contributed by atoms with Crippen molar-refractivity contribution < 1.29 is 9.90 Å². The highest BCUT2D eigenvalue weighted by atomic mass is 32.1. The topological polar surface area (TPSA) is 53.4 Å². The maximum Gasteiger partial charge on any atom is 0.150 e. The lowest BCUT2D eigenvalue weighted by atomic mass is 10.0. The number of aryl methyl sites for hydroxylation is 1. The average Bonchev–Trinajstić information content (AvgIpc) is 2.91. The first kappa shape index (κ1) is 14.2. The van der Waals surface area contributed by atoms with Gasteiger partial charge in [-0.2, -0.15) is 0 Å². The quantitative estimate of drug-likeness (QED) is 0.885. The van der Waals surface area contributed by atoms with Crippen molar-refractivity contribution in [1.29, 1.82) is 0 Å². The average molecular weight is 302 g/mol. The van der Waals surface area contributed by atoms with Gasteiger partial charge in [-0.3, -0.25) is 4.79 Å². The Balaban J connectivity index is 2.06. The maximum absolute atomic E-state index is 11.4. The van der Waals surface area contributed by atoms with Crippen LogP contribution in [-0.2, 0) is 6.42 Å². The van der Waals surface area contributed by atoms with Crippen molar-refractivity contribution in [2.45, 2.75) is 25.4 Å². The summed E-state index contributed by atoms with van der Waals surface area (Å²) in [5.41, 5.74) is 3.47. The number of thiazole rings is 1. The summed E-state index contributed by atoms with van der Waals surface area (Å²) in [6, 6.07) is 5.80. The van der Waals surface area contributed by atoms with E-state index in [1.54, 1.807) is 0 Å². The molecular formula is C16H18N2O2S. The number of carbonyl (C=O) groups is 1. The van der Waals surface area contributed by atoms with Crippen molar-refractivity contribution in [3.8, 4) is 10.6 Å². The number of hydrogen-bond acceptors (Lipinski definition) is 5. The molecule has 1 N–H and O–H groups in total. The fourth-order valence-electron chi connectivity index (χ4n) is 2.63. The highest BCUT2D eigenvalue weighted by Crippen LogP contribution is 2.39. The van der Waals surface area contributed by atoms with Crippen molar-refractivity contribution in [3.05, 3.63) is 34.3 Å². The van der Waals surface area contributed by atoms with E-state index in [-0.39, 0.29) is 0 Å². The minimum absolute atomic E-state index is 0.402. The van der Waals surface area contributed by atoms with Crippen molar-refractivity contribution in [3.63, 3.8) is 0 Å². The van der Waals surface area contributed by atoms with Gasteiger partial charge in [0.1, 0.15) is 5.01 Å². The van der Waals surface area contributed by atoms with E-state index in [0.29, 0.717) is 5.56 Å². The lowest BCUT2D eigenvalue weighted by Gasteiger charge is -2.14. The van der Waals surface area contributed by atoms with Crippen LogP contribution < -0.4 is 4.90 Å². The highest BCUT2D eigenvalue weighted by Gasteiger charge is 2.23. The minimum atomic E-state index is -0.402. The molecule has 1 aromatic heterocycles. The van der Waals surface area contributed by atoms with Crippen LogP contribution in [0.25, 0.3) is 10.6 Å². The predicted octanol–water partition coefficient (Wildman–Crippen LogP) is 3.06. The van der Waals surface area contributed by atoms with E-state index >= 15 is 0 Å². The van der Waals surface area contributed by atoms with Crippen LogP contribution in [0.4, 0.5) is 5.69 Å². The number of rotatable bonds is 3. The summed E-state index contributed by atoms with van der Waals surface area (Å²) in [4.78, 5) is 19.0. The van der Waals surface area contributed by atoms with E-state index < -0.39 is 6.10 Å². The third-order valence-electron chi connectivity index (χ3n) is 3.83. The number of fused-ring (bicyclic) bond motifs is 1. The maximum atomic E-state index is 11.4. The molecule has 0 fully saturated rings. The SMILES string of the molecule is CN(C)c1ccc(-c2nc3c(s2)C(O)CCC3)c(C=O)c1. The van der Waals surface area contributed by atoms with Crippen LogP contribution in [-0.4, -0.2) is 30.5 Å². The Kier molecular flexibility index (Phi) is 3.78. The lowest BCUT2D eigenvalue weighted by Crippen LogP contribution is -2.09. The van der Waals surface area contributed by atoms with Crippen molar-refractivity contribution in [2.75, 3.05) is 19.0 Å². The van der Waals surface area contributed by atoms with E-state index in [2.05, 4.69) is 4.98 Å². The summed E-state index contributed by atoms with van der Waals surface area (Å²) < 4.78 is 0. The Morgan fingerprint density at radius 2 is 2.24 bits per heavy atom. The van der Waals surface area contributed by atoms with Crippen LogP contribution in [0.3, 0.4) is 0 Å². The van der Waals surface area contributed by atoms with Crippen LogP contribution in [0, 0.1) is 0 Å². The number of aliphatic hydroxyl groups excluding tert-OH is 1. The van der Waals surface area contributed by atoms with Crippen molar-refractivity contribution in [1.82, 2.24) is 4.98 Å². The first-order chi connectivity index (χ1) is 10.1. The number of benzene rings is 1. The number of carbonyl (C=O) groups excluding carboxylic acids is 1. The van der Waals surface area contributed by atoms with E-state index in [1.165, 1.54) is 11.3 Å². The Bertz CT molecular complexity index is 679. The molecule has 4 nitrogen and oxygen atoms in total. The third kappa shape index (κ3) is 2.59. The Morgan fingerprint density at radius 3 is 2.90 bits per heavy atom. The van der Waals surface area contributed by atoms with Gasteiger partial charge in [-0.1, -0.05) is 0 Å². The molecule has 0 spiro atoms. The molecule has 1 unspecified atom stereocenters. The molecule has 1 aromatic carbocycles. The van der Waals surface area contributed by atoms with Gasteiger partial charge in [-0.15, -0.1) is 11.3 Å². The molecule has 3 rings (SSSR count). The first-order valence-corrected chi connectivity index (χ1v) is 7.86. The predicted molar refractivity (Wildman–Crippen MR) is 85.2 cm³/mol. The molecule has 1 atom stereocenters. The van der Waals surface area contributed by atoms with E-state index in [9.17, 15) is 9.90 Å². The zero-order chi connectivity index (χ0) is 15.0. The Labute approximate surface area is 128 Å². The van der Waals surface area contributed by atoms with Crippen LogP contribution in [0.5, 0.6) is 0 Å². The van der Waals surface area contributed by atoms with Crippen LogP contribution in [0.1, 0.15) is 39.9 Å². The minimum Gasteiger partial charge on any atom is -0.388 e. The molecule has 21 heavy (non-hydrogen) atoms. The van der Waals surface area contributed by atoms with Gasteiger partial charge in [0.2, 0.25) is 0 Å². The molecule has 0 radical (unpaired) electrons. The van der Waals surface area contributed by atoms with Gasteiger partial charge in [0, 0.05) is 30.9 Å². The molecule has 1 aliphatic carbocycles. The second kappa shape index (κ2) is 5.58. The van der Waals surface area contributed by atoms with Crippen molar-refractivity contribution >= 4 is 23.3 Å². The summed E-state index contributed by atoms with van der Waals surface area (Å²) in [6.07, 6.45) is 3.15. The zero-order valence-electron chi connectivity index (χ0n) is 12.2. The summed E-state index contributed by atoms with van der Waals surface area (Å²) >= 11 is 1.51. The number of aromatic nitrogens is 1. The number of nitrogens with zero attached hydrogens (tertiary/aromatic N) is 2. The number of aliphatic hydroxyl groups is 1. The molecule has 0 saturated heterocycles. The van der Waals surface area contributed by atoms with E-state index in [0.717, 1.165) is 52.4 Å². The summed E-state index contributed by atoms with van der Waals surface area (Å²) in [5, 5.41) is 10.9. The van der Waals surface area contributed by atoms with Gasteiger partial charge in [0.15, 0.2) is 6.29 Å². The fraction of sp³-hybridized carbons (Fsp3) is 0.375. The molecule has 1 heterocycles. The number of anilines is 1. The monoisotopic (exact) mass is 302 g/mol. The Morgan fingerprint density at radius 1 is 1.43 bits per heavy atom. The molecule has 0 amide bonds. The third-order valence-corrected chi connectivity index (χ3v) is 5.06. The number of hydrogen-bond donors (Lipinski definition) is 1. The first-order valence-electron chi connectivity index (χ1n) is 7.04. The zero-order valence-corrected chi connectivity index (χ0v) is 13.0. The molecule has 110 valence electrons. The van der Waals surface area contributed by atoms with Crippen LogP contribution in [0.15, 0.2) is 18.2 Å². The van der Waals surface area contributed by atoms with Gasteiger partial charge in [-0.05, 0) is 37.5 Å². The standard InChI is InChI=1S/C16H18N2O2S/c1-18(2)11-6-7-12(10(8-11)9-19)16-17-13-4-3-5-14(20)15(13)21-16/h6-9,14,20H,3-5H2,1-2H3. The van der Waals surface area contributed by atoms with Crippen molar-refractivity contribution in [2.24, 2.45) is 0 Å². The highest BCUT2D eigenvalue weighted by molar-refractivity contribution is 7.15. The van der Waals surface area contributed by atoms with E-state index in [4.69, 9.17) is 0 Å². The smallest absolute Gasteiger partial charge is 0.150 e. The van der Waals surface area contributed by atoms with Crippen LogP contribution in [0.2, 0.25) is 0 Å². The molecule has 2 aromatic rings. The molecule has 5 heteroatoms. The second-order valence-corrected chi connectivity index (χ2v) is 6.55. The van der Waals surface area contributed by atoms with Crippen LogP contribution >= 0.6 is 11.3 Å². The molecule has 0 bridgehead atoms. The Hall–Kier alpha value is -1.72. The largest absolute Gasteiger partial charge is 0.388 e. The molecular weight excluding hydrogens is 284 g/mol. The molecule has 0 saturated carbocycles. The van der Waals surface area contributed by atoms with Gasteiger partial charge in [0.25, 0.3) is 0 Å². The normalized spacial score (nSPS) is 17.4.